The highest BCUT2D eigenvalue weighted by Gasteiger charge is 2.05. The number of methoxy groups -OCH3 is 1. The van der Waals surface area contributed by atoms with Crippen molar-refractivity contribution in [1.29, 1.82) is 0 Å². The van der Waals surface area contributed by atoms with Crippen LogP contribution in [0.3, 0.4) is 0 Å². The van der Waals surface area contributed by atoms with E-state index < -0.39 is 0 Å². The van der Waals surface area contributed by atoms with Crippen molar-refractivity contribution in [2.45, 2.75) is 26.0 Å². The van der Waals surface area contributed by atoms with Gasteiger partial charge in [-0.05, 0) is 37.1 Å². The average molecular weight is 240 g/mol. The van der Waals surface area contributed by atoms with Gasteiger partial charge in [0, 0.05) is 31.4 Å². The molecule has 0 fully saturated rings. The van der Waals surface area contributed by atoms with Crippen molar-refractivity contribution in [2.24, 2.45) is 0 Å². The third-order valence-corrected chi connectivity index (χ3v) is 3.61. The predicted octanol–water partition coefficient (Wildman–Crippen LogP) is 2.55. The van der Waals surface area contributed by atoms with Crippen LogP contribution < -0.4 is 5.73 Å². The molecule has 0 unspecified atom stereocenters. The molecule has 0 aliphatic heterocycles. The molecule has 0 aliphatic rings. The van der Waals surface area contributed by atoms with Crippen molar-refractivity contribution in [3.63, 3.8) is 0 Å². The molecule has 1 aromatic heterocycles. The first kappa shape index (κ1) is 13.3. The molecule has 0 saturated carbocycles. The molecule has 16 heavy (non-hydrogen) atoms. The van der Waals surface area contributed by atoms with Gasteiger partial charge in [-0.2, -0.15) is 11.8 Å². The van der Waals surface area contributed by atoms with Crippen LogP contribution in [0.5, 0.6) is 0 Å². The number of pyridine rings is 1. The maximum absolute atomic E-state index is 5.97. The van der Waals surface area contributed by atoms with E-state index in [1.54, 1.807) is 7.11 Å². The lowest BCUT2D eigenvalue weighted by Gasteiger charge is -2.09. The molecular formula is C12H20N2OS. The van der Waals surface area contributed by atoms with Crippen molar-refractivity contribution >= 4 is 17.4 Å². The molecular weight excluding hydrogens is 220 g/mol. The van der Waals surface area contributed by atoms with Crippen LogP contribution >= 0.6 is 11.8 Å². The highest BCUT2D eigenvalue weighted by atomic mass is 32.2. The van der Waals surface area contributed by atoms with Crippen LogP contribution in [0.1, 0.15) is 23.2 Å². The summed E-state index contributed by atoms with van der Waals surface area (Å²) in [7, 11) is 1.73. The Bertz CT molecular complexity index is 342. The van der Waals surface area contributed by atoms with E-state index in [0.29, 0.717) is 0 Å². The van der Waals surface area contributed by atoms with Crippen LogP contribution in [0.25, 0.3) is 0 Å². The molecule has 0 atom stereocenters. The van der Waals surface area contributed by atoms with E-state index in [4.69, 9.17) is 10.5 Å². The minimum Gasteiger partial charge on any atom is -0.398 e. The second kappa shape index (κ2) is 6.76. The monoisotopic (exact) mass is 240 g/mol. The van der Waals surface area contributed by atoms with Crippen molar-refractivity contribution in [3.8, 4) is 0 Å². The average Bonchev–Trinajstić information content (AvgIpc) is 2.28. The van der Waals surface area contributed by atoms with Gasteiger partial charge in [-0.3, -0.25) is 4.98 Å². The number of anilines is 1. The number of rotatable bonds is 6. The summed E-state index contributed by atoms with van der Waals surface area (Å²) in [5.41, 5.74) is 10.1. The Morgan fingerprint density at radius 2 is 2.19 bits per heavy atom. The molecule has 1 aromatic rings. The maximum Gasteiger partial charge on any atom is 0.0552 e. The normalized spacial score (nSPS) is 10.7. The first-order valence-electron chi connectivity index (χ1n) is 5.44. The van der Waals surface area contributed by atoms with Gasteiger partial charge in [-0.15, -0.1) is 0 Å². The smallest absolute Gasteiger partial charge is 0.0552 e. The van der Waals surface area contributed by atoms with Gasteiger partial charge in [0.15, 0.2) is 0 Å². The lowest BCUT2D eigenvalue weighted by atomic mass is 10.1. The Kier molecular flexibility index (Phi) is 5.63. The number of ether oxygens (including phenoxy) is 1. The molecule has 2 N–H and O–H groups in total. The predicted molar refractivity (Wildman–Crippen MR) is 70.8 cm³/mol. The summed E-state index contributed by atoms with van der Waals surface area (Å²) in [5, 5.41) is 0. The second-order valence-corrected chi connectivity index (χ2v) is 4.93. The minimum atomic E-state index is 0.829. The number of hydrogen-bond acceptors (Lipinski definition) is 4. The topological polar surface area (TPSA) is 48.1 Å². The summed E-state index contributed by atoms with van der Waals surface area (Å²) >= 11 is 1.88. The van der Waals surface area contributed by atoms with Crippen LogP contribution in [-0.2, 0) is 10.5 Å². The summed E-state index contributed by atoms with van der Waals surface area (Å²) in [5.74, 6) is 2.03. The number of thioether (sulfide) groups is 1. The van der Waals surface area contributed by atoms with Gasteiger partial charge >= 0.3 is 0 Å². The van der Waals surface area contributed by atoms with Crippen LogP contribution in [0.2, 0.25) is 0 Å². The van der Waals surface area contributed by atoms with Crippen molar-refractivity contribution in [3.05, 3.63) is 23.0 Å². The molecule has 0 amide bonds. The quantitative estimate of drug-likeness (QED) is 0.776. The molecule has 1 heterocycles. The van der Waals surface area contributed by atoms with Crippen LogP contribution in [-0.4, -0.2) is 24.5 Å². The SMILES string of the molecule is COCCCSCc1ncc(C)c(N)c1C. The van der Waals surface area contributed by atoms with Gasteiger partial charge in [0.05, 0.1) is 5.69 Å². The summed E-state index contributed by atoms with van der Waals surface area (Å²) < 4.78 is 5.00. The largest absolute Gasteiger partial charge is 0.398 e. The Morgan fingerprint density at radius 3 is 2.88 bits per heavy atom. The summed E-state index contributed by atoms with van der Waals surface area (Å²) in [6.07, 6.45) is 2.94. The molecule has 0 saturated heterocycles. The highest BCUT2D eigenvalue weighted by molar-refractivity contribution is 7.98. The maximum atomic E-state index is 5.97. The molecule has 0 radical (unpaired) electrons. The highest BCUT2D eigenvalue weighted by Crippen LogP contribution is 2.21. The van der Waals surface area contributed by atoms with Crippen molar-refractivity contribution < 1.29 is 4.74 Å². The first-order valence-corrected chi connectivity index (χ1v) is 6.59. The summed E-state index contributed by atoms with van der Waals surface area (Å²) in [4.78, 5) is 4.42. The Balaban J connectivity index is 2.45. The van der Waals surface area contributed by atoms with Crippen LogP contribution in [0.15, 0.2) is 6.20 Å². The number of aryl methyl sites for hydroxylation is 1. The lowest BCUT2D eigenvalue weighted by Crippen LogP contribution is -2.01. The first-order chi connectivity index (χ1) is 7.66. The molecule has 0 aromatic carbocycles. The molecule has 0 aliphatic carbocycles. The Hall–Kier alpha value is -0.740. The molecule has 0 bridgehead atoms. The Morgan fingerprint density at radius 1 is 1.44 bits per heavy atom. The van der Waals surface area contributed by atoms with E-state index in [1.807, 2.05) is 31.8 Å². The van der Waals surface area contributed by atoms with E-state index in [2.05, 4.69) is 4.98 Å². The number of nitrogens with zero attached hydrogens (tertiary/aromatic N) is 1. The third kappa shape index (κ3) is 3.68. The summed E-state index contributed by atoms with van der Waals surface area (Å²) in [6, 6.07) is 0. The number of hydrogen-bond donors (Lipinski definition) is 1. The fourth-order valence-corrected chi connectivity index (χ4v) is 2.36. The molecule has 4 heteroatoms. The van der Waals surface area contributed by atoms with Crippen LogP contribution in [0.4, 0.5) is 5.69 Å². The Labute approximate surface area is 102 Å². The fraction of sp³-hybridized carbons (Fsp3) is 0.583. The molecule has 3 nitrogen and oxygen atoms in total. The lowest BCUT2D eigenvalue weighted by molar-refractivity contribution is 0.200. The van der Waals surface area contributed by atoms with Gasteiger partial charge < -0.3 is 10.5 Å². The number of nitrogens with two attached hydrogens (primary N) is 1. The zero-order chi connectivity index (χ0) is 12.0. The van der Waals surface area contributed by atoms with E-state index in [9.17, 15) is 0 Å². The number of nitrogen functional groups attached to an aromatic ring is 1. The van der Waals surface area contributed by atoms with E-state index in [0.717, 1.165) is 47.0 Å². The van der Waals surface area contributed by atoms with Gasteiger partial charge in [0.25, 0.3) is 0 Å². The minimum absolute atomic E-state index is 0.829. The molecule has 1 rings (SSSR count). The van der Waals surface area contributed by atoms with Gasteiger partial charge in [0.1, 0.15) is 0 Å². The molecule has 0 spiro atoms. The zero-order valence-corrected chi connectivity index (χ0v) is 11.1. The third-order valence-electron chi connectivity index (χ3n) is 2.55. The van der Waals surface area contributed by atoms with Crippen LogP contribution in [0, 0.1) is 13.8 Å². The van der Waals surface area contributed by atoms with Gasteiger partial charge in [-0.25, -0.2) is 0 Å². The van der Waals surface area contributed by atoms with Gasteiger partial charge in [0.2, 0.25) is 0 Å². The number of aromatic nitrogens is 1. The van der Waals surface area contributed by atoms with Gasteiger partial charge in [-0.1, -0.05) is 0 Å². The van der Waals surface area contributed by atoms with E-state index in [1.165, 1.54) is 0 Å². The standard InChI is InChI=1S/C12H20N2OS/c1-9-7-14-11(10(2)12(9)13)8-16-6-4-5-15-3/h7H,4-6,8H2,1-3H3,(H2,13,14). The van der Waals surface area contributed by atoms with E-state index in [-0.39, 0.29) is 0 Å². The fourth-order valence-electron chi connectivity index (χ4n) is 1.41. The van der Waals surface area contributed by atoms with E-state index >= 15 is 0 Å². The second-order valence-electron chi connectivity index (χ2n) is 3.83. The molecule has 90 valence electrons. The van der Waals surface area contributed by atoms with Crippen molar-refractivity contribution in [2.75, 3.05) is 25.2 Å². The zero-order valence-electron chi connectivity index (χ0n) is 10.2. The van der Waals surface area contributed by atoms with Crippen molar-refractivity contribution in [1.82, 2.24) is 4.98 Å². The summed E-state index contributed by atoms with van der Waals surface area (Å²) in [6.45, 7) is 4.86.